The molecule has 0 spiro atoms. The zero-order chi connectivity index (χ0) is 12.1. The Morgan fingerprint density at radius 2 is 2.29 bits per heavy atom. The quantitative estimate of drug-likeness (QED) is 0.813. The van der Waals surface area contributed by atoms with Crippen molar-refractivity contribution in [1.29, 1.82) is 0 Å². The number of rotatable bonds is 3. The number of anilines is 1. The number of nitrogen functional groups attached to an aromatic ring is 1. The third-order valence-electron chi connectivity index (χ3n) is 2.99. The summed E-state index contributed by atoms with van der Waals surface area (Å²) in [7, 11) is 0. The molecule has 1 aromatic heterocycles. The molecule has 0 bridgehead atoms. The Morgan fingerprint density at radius 3 is 3.00 bits per heavy atom. The third-order valence-corrected chi connectivity index (χ3v) is 2.99. The van der Waals surface area contributed by atoms with Gasteiger partial charge in [-0.25, -0.2) is 0 Å². The van der Waals surface area contributed by atoms with Crippen LogP contribution in [0.4, 0.5) is 5.69 Å². The number of carbonyl (C=O) groups excluding carboxylic acids is 1. The summed E-state index contributed by atoms with van der Waals surface area (Å²) in [6, 6.07) is 1.63. The fourth-order valence-electron chi connectivity index (χ4n) is 1.88. The second-order valence-electron chi connectivity index (χ2n) is 4.23. The molecule has 1 saturated heterocycles. The van der Waals surface area contributed by atoms with Crippen molar-refractivity contribution in [3.63, 3.8) is 0 Å². The first-order valence-corrected chi connectivity index (χ1v) is 5.83. The van der Waals surface area contributed by atoms with Crippen LogP contribution in [0.5, 0.6) is 0 Å². The highest BCUT2D eigenvalue weighted by atomic mass is 16.5. The molecule has 0 radical (unpaired) electrons. The summed E-state index contributed by atoms with van der Waals surface area (Å²) >= 11 is 0. The van der Waals surface area contributed by atoms with Gasteiger partial charge in [-0.15, -0.1) is 0 Å². The van der Waals surface area contributed by atoms with Crippen molar-refractivity contribution >= 4 is 11.6 Å². The van der Waals surface area contributed by atoms with Crippen molar-refractivity contribution in [2.45, 2.75) is 12.8 Å². The Labute approximate surface area is 100 Å². The van der Waals surface area contributed by atoms with E-state index in [1.807, 2.05) is 0 Å². The van der Waals surface area contributed by atoms with Crippen LogP contribution in [-0.4, -0.2) is 30.6 Å². The highest BCUT2D eigenvalue weighted by Gasteiger charge is 2.16. The first kappa shape index (κ1) is 11.9. The smallest absolute Gasteiger partial charge is 0.254 e. The van der Waals surface area contributed by atoms with Gasteiger partial charge in [0, 0.05) is 37.8 Å². The van der Waals surface area contributed by atoms with E-state index in [9.17, 15) is 4.79 Å². The molecule has 2 heterocycles. The van der Waals surface area contributed by atoms with Crippen LogP contribution in [-0.2, 0) is 4.74 Å². The highest BCUT2D eigenvalue weighted by molar-refractivity contribution is 5.98. The molecule has 0 unspecified atom stereocenters. The molecule has 17 heavy (non-hydrogen) atoms. The van der Waals surface area contributed by atoms with E-state index < -0.39 is 0 Å². The van der Waals surface area contributed by atoms with E-state index >= 15 is 0 Å². The molecule has 0 aliphatic carbocycles. The standard InChI is InChI=1S/C12H17N3O2/c13-11-1-4-14-8-10(11)12(16)15-7-9-2-5-17-6-3-9/h1,4,8-9H,2-3,5-7H2,(H2,13,14)(H,15,16). The van der Waals surface area contributed by atoms with E-state index in [1.54, 1.807) is 12.3 Å². The average molecular weight is 235 g/mol. The Hall–Kier alpha value is -1.62. The lowest BCUT2D eigenvalue weighted by Crippen LogP contribution is -2.32. The molecule has 1 amide bonds. The number of carbonyl (C=O) groups is 1. The van der Waals surface area contributed by atoms with Gasteiger partial charge in [0.25, 0.3) is 5.91 Å². The molecule has 2 rings (SSSR count). The predicted octanol–water partition coefficient (Wildman–Crippen LogP) is 0.820. The normalized spacial score (nSPS) is 16.7. The van der Waals surface area contributed by atoms with Crippen LogP contribution in [0.3, 0.4) is 0 Å². The van der Waals surface area contributed by atoms with Gasteiger partial charge in [-0.1, -0.05) is 0 Å². The summed E-state index contributed by atoms with van der Waals surface area (Å²) in [5.41, 5.74) is 6.62. The molecule has 5 heteroatoms. The second-order valence-corrected chi connectivity index (χ2v) is 4.23. The minimum Gasteiger partial charge on any atom is -0.398 e. The molecule has 3 N–H and O–H groups in total. The molecule has 5 nitrogen and oxygen atoms in total. The summed E-state index contributed by atoms with van der Waals surface area (Å²) in [6.45, 7) is 2.25. The van der Waals surface area contributed by atoms with E-state index in [1.165, 1.54) is 6.20 Å². The van der Waals surface area contributed by atoms with Crippen LogP contribution < -0.4 is 11.1 Å². The lowest BCUT2D eigenvalue weighted by atomic mass is 10.0. The van der Waals surface area contributed by atoms with Crippen LogP contribution in [0.1, 0.15) is 23.2 Å². The molecule has 0 aromatic carbocycles. The van der Waals surface area contributed by atoms with E-state index in [2.05, 4.69) is 10.3 Å². The number of hydrogen-bond donors (Lipinski definition) is 2. The molecule has 0 atom stereocenters. The fourth-order valence-corrected chi connectivity index (χ4v) is 1.88. The number of nitrogens with zero attached hydrogens (tertiary/aromatic N) is 1. The molecular formula is C12H17N3O2. The summed E-state index contributed by atoms with van der Waals surface area (Å²) < 4.78 is 5.27. The van der Waals surface area contributed by atoms with Crippen LogP contribution in [0.2, 0.25) is 0 Å². The molecule has 92 valence electrons. The van der Waals surface area contributed by atoms with E-state index in [4.69, 9.17) is 10.5 Å². The number of ether oxygens (including phenoxy) is 1. The lowest BCUT2D eigenvalue weighted by molar-refractivity contribution is 0.0643. The van der Waals surface area contributed by atoms with Gasteiger partial charge in [-0.3, -0.25) is 9.78 Å². The molecule has 1 fully saturated rings. The van der Waals surface area contributed by atoms with Gasteiger partial charge in [-0.05, 0) is 24.8 Å². The Bertz CT molecular complexity index is 389. The average Bonchev–Trinajstić information content (AvgIpc) is 2.38. The zero-order valence-electron chi connectivity index (χ0n) is 9.69. The molecule has 1 aromatic rings. The first-order chi connectivity index (χ1) is 8.27. The topological polar surface area (TPSA) is 77.2 Å². The van der Waals surface area contributed by atoms with Crippen molar-refractivity contribution in [3.8, 4) is 0 Å². The lowest BCUT2D eigenvalue weighted by Gasteiger charge is -2.22. The van der Waals surface area contributed by atoms with E-state index in [0.29, 0.717) is 23.7 Å². The minimum absolute atomic E-state index is 0.151. The first-order valence-electron chi connectivity index (χ1n) is 5.83. The highest BCUT2D eigenvalue weighted by Crippen LogP contribution is 2.14. The fraction of sp³-hybridized carbons (Fsp3) is 0.500. The van der Waals surface area contributed by atoms with Crippen molar-refractivity contribution in [2.24, 2.45) is 5.92 Å². The van der Waals surface area contributed by atoms with Crippen molar-refractivity contribution in [3.05, 3.63) is 24.0 Å². The predicted molar refractivity (Wildman–Crippen MR) is 64.5 cm³/mol. The molecule has 1 aliphatic rings. The Morgan fingerprint density at radius 1 is 1.53 bits per heavy atom. The number of hydrogen-bond acceptors (Lipinski definition) is 4. The number of nitrogens with one attached hydrogen (secondary N) is 1. The van der Waals surface area contributed by atoms with E-state index in [0.717, 1.165) is 26.1 Å². The van der Waals surface area contributed by atoms with Gasteiger partial charge in [0.05, 0.1) is 5.56 Å². The molecule has 0 saturated carbocycles. The maximum absolute atomic E-state index is 11.8. The second kappa shape index (κ2) is 5.63. The number of aromatic nitrogens is 1. The van der Waals surface area contributed by atoms with Crippen LogP contribution >= 0.6 is 0 Å². The van der Waals surface area contributed by atoms with Gasteiger partial charge in [-0.2, -0.15) is 0 Å². The van der Waals surface area contributed by atoms with Crippen LogP contribution in [0.15, 0.2) is 18.5 Å². The zero-order valence-corrected chi connectivity index (χ0v) is 9.69. The summed E-state index contributed by atoms with van der Waals surface area (Å²) in [4.78, 5) is 15.7. The van der Waals surface area contributed by atoms with Crippen molar-refractivity contribution in [1.82, 2.24) is 10.3 Å². The maximum Gasteiger partial charge on any atom is 0.254 e. The Balaban J connectivity index is 1.87. The van der Waals surface area contributed by atoms with Crippen LogP contribution in [0, 0.1) is 5.92 Å². The third kappa shape index (κ3) is 3.17. The number of nitrogens with two attached hydrogens (primary N) is 1. The number of amides is 1. The van der Waals surface area contributed by atoms with Crippen molar-refractivity contribution in [2.75, 3.05) is 25.5 Å². The SMILES string of the molecule is Nc1ccncc1C(=O)NCC1CCOCC1. The van der Waals surface area contributed by atoms with Crippen LogP contribution in [0.25, 0.3) is 0 Å². The van der Waals surface area contributed by atoms with Gasteiger partial charge in [0.2, 0.25) is 0 Å². The number of pyridine rings is 1. The van der Waals surface area contributed by atoms with Gasteiger partial charge < -0.3 is 15.8 Å². The van der Waals surface area contributed by atoms with Gasteiger partial charge in [0.1, 0.15) is 0 Å². The maximum atomic E-state index is 11.8. The minimum atomic E-state index is -0.151. The van der Waals surface area contributed by atoms with Crippen molar-refractivity contribution < 1.29 is 9.53 Å². The van der Waals surface area contributed by atoms with E-state index in [-0.39, 0.29) is 5.91 Å². The summed E-state index contributed by atoms with van der Waals surface area (Å²) in [5.74, 6) is 0.354. The summed E-state index contributed by atoms with van der Waals surface area (Å²) in [5, 5.41) is 2.90. The monoisotopic (exact) mass is 235 g/mol. The van der Waals surface area contributed by atoms with Gasteiger partial charge in [0.15, 0.2) is 0 Å². The largest absolute Gasteiger partial charge is 0.398 e. The Kier molecular flexibility index (Phi) is 3.93. The van der Waals surface area contributed by atoms with Gasteiger partial charge >= 0.3 is 0 Å². The summed E-state index contributed by atoms with van der Waals surface area (Å²) in [6.07, 6.45) is 5.07. The molecule has 1 aliphatic heterocycles. The molecular weight excluding hydrogens is 218 g/mol.